The van der Waals surface area contributed by atoms with Crippen LogP contribution in [-0.2, 0) is 11.3 Å². The van der Waals surface area contributed by atoms with Crippen molar-refractivity contribution in [3.05, 3.63) is 29.3 Å². The number of carbonyl (C=O) groups excluding carboxylic acids is 1. The molecule has 0 aliphatic carbocycles. The van der Waals surface area contributed by atoms with Crippen LogP contribution in [0.1, 0.15) is 12.0 Å². The minimum Gasteiger partial charge on any atom is -0.503 e. The van der Waals surface area contributed by atoms with E-state index in [2.05, 4.69) is 10.6 Å². The molecule has 1 aromatic rings. The minimum absolute atomic E-state index is 0.111. The van der Waals surface area contributed by atoms with E-state index in [9.17, 15) is 13.6 Å². The van der Waals surface area contributed by atoms with E-state index in [1.165, 1.54) is 7.05 Å². The van der Waals surface area contributed by atoms with Crippen molar-refractivity contribution < 1.29 is 18.7 Å². The highest BCUT2D eigenvalue weighted by atomic mass is 19.1. The number of nitrogens with one attached hydrogen (secondary N) is 2. The third-order valence-corrected chi connectivity index (χ3v) is 2.21. The number of amides is 1. The van der Waals surface area contributed by atoms with Crippen molar-refractivity contribution >= 4 is 5.91 Å². The molecular weight excluding hydrogens is 230 g/mol. The van der Waals surface area contributed by atoms with Crippen molar-refractivity contribution in [1.82, 2.24) is 10.6 Å². The van der Waals surface area contributed by atoms with Crippen LogP contribution < -0.4 is 10.6 Å². The Morgan fingerprint density at radius 3 is 2.47 bits per heavy atom. The second-order valence-corrected chi connectivity index (χ2v) is 3.51. The number of rotatable bonds is 5. The fraction of sp³-hybridized carbons (Fsp3) is 0.364. The Bertz CT molecular complexity index is 387. The molecule has 4 nitrogen and oxygen atoms in total. The lowest BCUT2D eigenvalue weighted by Gasteiger charge is -2.06. The van der Waals surface area contributed by atoms with Crippen LogP contribution in [0, 0.1) is 11.6 Å². The van der Waals surface area contributed by atoms with E-state index in [1.807, 2.05) is 0 Å². The van der Waals surface area contributed by atoms with E-state index in [0.717, 1.165) is 12.1 Å². The Labute approximate surface area is 97.6 Å². The molecule has 0 aromatic heterocycles. The van der Waals surface area contributed by atoms with Gasteiger partial charge in [-0.3, -0.25) is 4.79 Å². The van der Waals surface area contributed by atoms with Gasteiger partial charge in [-0.15, -0.1) is 0 Å². The molecule has 6 heteroatoms. The molecule has 1 aromatic carbocycles. The molecule has 0 bridgehead atoms. The highest BCUT2D eigenvalue weighted by Crippen LogP contribution is 2.21. The quantitative estimate of drug-likeness (QED) is 0.674. The van der Waals surface area contributed by atoms with Crippen molar-refractivity contribution in [2.75, 3.05) is 13.6 Å². The third-order valence-electron chi connectivity index (χ3n) is 2.21. The van der Waals surface area contributed by atoms with Gasteiger partial charge in [0.15, 0.2) is 17.4 Å². The minimum atomic E-state index is -0.992. The van der Waals surface area contributed by atoms with Crippen LogP contribution in [0.25, 0.3) is 0 Å². The highest BCUT2D eigenvalue weighted by molar-refractivity contribution is 5.75. The molecule has 1 amide bonds. The molecule has 0 saturated carbocycles. The van der Waals surface area contributed by atoms with Gasteiger partial charge < -0.3 is 15.7 Å². The van der Waals surface area contributed by atoms with Crippen LogP contribution in [0.3, 0.4) is 0 Å². The fourth-order valence-electron chi connectivity index (χ4n) is 1.28. The van der Waals surface area contributed by atoms with Gasteiger partial charge in [0.1, 0.15) is 0 Å². The first kappa shape index (κ1) is 13.4. The summed E-state index contributed by atoms with van der Waals surface area (Å²) in [5, 5.41) is 14.2. The van der Waals surface area contributed by atoms with Gasteiger partial charge in [0.25, 0.3) is 0 Å². The first-order chi connectivity index (χ1) is 8.04. The number of carbonyl (C=O) groups is 1. The van der Waals surface area contributed by atoms with Crippen molar-refractivity contribution in [3.8, 4) is 5.75 Å². The topological polar surface area (TPSA) is 61.4 Å². The lowest BCUT2D eigenvalue weighted by molar-refractivity contribution is -0.120. The van der Waals surface area contributed by atoms with Gasteiger partial charge in [-0.25, -0.2) is 8.78 Å². The standard InChI is InChI=1S/C11H14F2N2O2/c1-14-10(16)2-3-15-6-7-4-8(12)11(17)9(13)5-7/h4-5,15,17H,2-3,6H2,1H3,(H,14,16). The van der Waals surface area contributed by atoms with E-state index < -0.39 is 17.4 Å². The summed E-state index contributed by atoms with van der Waals surface area (Å²) in [4.78, 5) is 10.9. The number of phenolic OH excluding ortho intramolecular Hbond substituents is 1. The summed E-state index contributed by atoms with van der Waals surface area (Å²) in [5.74, 6) is -3.07. The number of hydrogen-bond donors (Lipinski definition) is 3. The lowest BCUT2D eigenvalue weighted by atomic mass is 10.2. The van der Waals surface area contributed by atoms with Crippen LogP contribution in [0.15, 0.2) is 12.1 Å². The fourth-order valence-corrected chi connectivity index (χ4v) is 1.28. The maximum atomic E-state index is 13.0. The lowest BCUT2D eigenvalue weighted by Crippen LogP contribution is -2.24. The summed E-state index contributed by atoms with van der Waals surface area (Å²) >= 11 is 0. The summed E-state index contributed by atoms with van der Waals surface area (Å²) in [6.07, 6.45) is 0.291. The second kappa shape index (κ2) is 6.15. The number of aromatic hydroxyl groups is 1. The number of hydrogen-bond acceptors (Lipinski definition) is 3. The molecule has 0 aliphatic heterocycles. The Morgan fingerprint density at radius 1 is 1.35 bits per heavy atom. The number of phenols is 1. The van der Waals surface area contributed by atoms with Gasteiger partial charge in [-0.1, -0.05) is 0 Å². The average molecular weight is 244 g/mol. The zero-order valence-electron chi connectivity index (χ0n) is 9.39. The molecule has 0 atom stereocenters. The molecule has 94 valence electrons. The molecule has 0 aliphatic rings. The zero-order chi connectivity index (χ0) is 12.8. The van der Waals surface area contributed by atoms with E-state index in [0.29, 0.717) is 18.5 Å². The largest absolute Gasteiger partial charge is 0.503 e. The second-order valence-electron chi connectivity index (χ2n) is 3.51. The molecule has 0 fully saturated rings. The van der Waals surface area contributed by atoms with Crippen molar-refractivity contribution in [3.63, 3.8) is 0 Å². The zero-order valence-corrected chi connectivity index (χ0v) is 9.39. The van der Waals surface area contributed by atoms with Crippen molar-refractivity contribution in [2.24, 2.45) is 0 Å². The predicted octanol–water partition coefficient (Wildman–Crippen LogP) is 0.896. The summed E-state index contributed by atoms with van der Waals surface area (Å²) < 4.78 is 25.9. The maximum Gasteiger partial charge on any atom is 0.221 e. The number of benzene rings is 1. The van der Waals surface area contributed by atoms with Crippen LogP contribution in [0.2, 0.25) is 0 Å². The molecular formula is C11H14F2N2O2. The molecule has 3 N–H and O–H groups in total. The molecule has 1 rings (SSSR count). The Kier molecular flexibility index (Phi) is 4.84. The normalized spacial score (nSPS) is 10.3. The van der Waals surface area contributed by atoms with Crippen LogP contribution in [0.5, 0.6) is 5.75 Å². The first-order valence-corrected chi connectivity index (χ1v) is 5.12. The Morgan fingerprint density at radius 2 is 1.94 bits per heavy atom. The summed E-state index contributed by atoms with van der Waals surface area (Å²) in [5.41, 5.74) is 0.370. The van der Waals surface area contributed by atoms with Gasteiger partial charge in [0, 0.05) is 26.6 Å². The molecule has 0 saturated heterocycles. The summed E-state index contributed by atoms with van der Waals surface area (Å²) in [7, 11) is 1.53. The predicted molar refractivity (Wildman–Crippen MR) is 58.4 cm³/mol. The molecule has 17 heavy (non-hydrogen) atoms. The monoisotopic (exact) mass is 244 g/mol. The van der Waals surface area contributed by atoms with Gasteiger partial charge >= 0.3 is 0 Å². The highest BCUT2D eigenvalue weighted by Gasteiger charge is 2.09. The molecule has 0 unspecified atom stereocenters. The SMILES string of the molecule is CNC(=O)CCNCc1cc(F)c(O)c(F)c1. The van der Waals surface area contributed by atoms with Gasteiger partial charge in [0.05, 0.1) is 0 Å². The Balaban J connectivity index is 2.45. The van der Waals surface area contributed by atoms with Gasteiger partial charge in [-0.05, 0) is 17.7 Å². The van der Waals surface area contributed by atoms with Crippen molar-refractivity contribution in [1.29, 1.82) is 0 Å². The van der Waals surface area contributed by atoms with Crippen molar-refractivity contribution in [2.45, 2.75) is 13.0 Å². The van der Waals surface area contributed by atoms with E-state index in [4.69, 9.17) is 5.11 Å². The Hall–Kier alpha value is -1.69. The third kappa shape index (κ3) is 3.99. The van der Waals surface area contributed by atoms with Gasteiger partial charge in [-0.2, -0.15) is 0 Å². The van der Waals surface area contributed by atoms with E-state index in [-0.39, 0.29) is 12.5 Å². The van der Waals surface area contributed by atoms with E-state index >= 15 is 0 Å². The van der Waals surface area contributed by atoms with Gasteiger partial charge in [0.2, 0.25) is 5.91 Å². The number of halogens is 2. The van der Waals surface area contributed by atoms with Crippen LogP contribution >= 0.6 is 0 Å². The van der Waals surface area contributed by atoms with Crippen LogP contribution in [-0.4, -0.2) is 24.6 Å². The molecule has 0 spiro atoms. The smallest absolute Gasteiger partial charge is 0.221 e. The van der Waals surface area contributed by atoms with Crippen LogP contribution in [0.4, 0.5) is 8.78 Å². The summed E-state index contributed by atoms with van der Waals surface area (Å²) in [6.45, 7) is 0.634. The summed E-state index contributed by atoms with van der Waals surface area (Å²) in [6, 6.07) is 2.09. The van der Waals surface area contributed by atoms with E-state index in [1.54, 1.807) is 0 Å². The average Bonchev–Trinajstić information content (AvgIpc) is 2.31. The molecule has 0 radical (unpaired) electrons. The molecule has 0 heterocycles. The maximum absolute atomic E-state index is 13.0. The first-order valence-electron chi connectivity index (χ1n) is 5.12.